The van der Waals surface area contributed by atoms with E-state index in [1.165, 1.54) is 6.07 Å². The van der Waals surface area contributed by atoms with Crippen LogP contribution >= 0.6 is 0 Å². The van der Waals surface area contributed by atoms with Crippen molar-refractivity contribution in [3.63, 3.8) is 0 Å². The predicted molar refractivity (Wildman–Crippen MR) is 75.1 cm³/mol. The van der Waals surface area contributed by atoms with Gasteiger partial charge in [-0.15, -0.1) is 0 Å². The van der Waals surface area contributed by atoms with Gasteiger partial charge >= 0.3 is 0 Å². The Morgan fingerprint density at radius 1 is 1.10 bits per heavy atom. The Hall–Kier alpha value is -2.43. The zero-order valence-corrected chi connectivity index (χ0v) is 11.1. The second-order valence-electron chi connectivity index (χ2n) is 5.36. The Balaban J connectivity index is 1.88. The molecule has 2 aromatic carbocycles. The number of rotatable bonds is 0. The zero-order chi connectivity index (χ0) is 14.6. The quantitative estimate of drug-likeness (QED) is 0.807. The molecular formula is C16H12F2N2O. The van der Waals surface area contributed by atoms with Crippen LogP contribution in [0.1, 0.15) is 11.1 Å². The largest absolute Gasteiger partial charge is 0.351 e. The summed E-state index contributed by atoms with van der Waals surface area (Å²) in [5.41, 5.74) is 2.59. The van der Waals surface area contributed by atoms with E-state index in [0.717, 1.165) is 17.2 Å². The Morgan fingerprint density at radius 3 is 2.67 bits per heavy atom. The number of nitrogens with one attached hydrogen (secondary N) is 1. The lowest BCUT2D eigenvalue weighted by Gasteiger charge is -2.41. The molecular weight excluding hydrogens is 274 g/mol. The van der Waals surface area contributed by atoms with E-state index in [9.17, 15) is 13.6 Å². The fraction of sp³-hybridized carbons (Fsp3) is 0.188. The molecule has 1 amide bonds. The highest BCUT2D eigenvalue weighted by atomic mass is 19.2. The molecule has 2 heterocycles. The molecule has 0 aromatic heterocycles. The van der Waals surface area contributed by atoms with Gasteiger partial charge in [0.2, 0.25) is 5.91 Å². The van der Waals surface area contributed by atoms with Gasteiger partial charge in [-0.25, -0.2) is 8.78 Å². The van der Waals surface area contributed by atoms with E-state index in [1.807, 2.05) is 24.3 Å². The molecule has 1 atom stereocenters. The van der Waals surface area contributed by atoms with Crippen LogP contribution in [0.4, 0.5) is 20.2 Å². The molecule has 5 heteroatoms. The highest BCUT2D eigenvalue weighted by Gasteiger charge is 2.38. The van der Waals surface area contributed by atoms with Crippen LogP contribution < -0.4 is 10.2 Å². The minimum Gasteiger partial charge on any atom is -0.351 e. The van der Waals surface area contributed by atoms with Gasteiger partial charge in [0.15, 0.2) is 11.6 Å². The van der Waals surface area contributed by atoms with Gasteiger partial charge in [0, 0.05) is 13.0 Å². The Bertz CT molecular complexity index is 760. The smallest absolute Gasteiger partial charge is 0.247 e. The highest BCUT2D eigenvalue weighted by Crippen LogP contribution is 2.39. The predicted octanol–water partition coefficient (Wildman–Crippen LogP) is 2.85. The number of hydrogen-bond donors (Lipinski definition) is 1. The van der Waals surface area contributed by atoms with Crippen molar-refractivity contribution in [3.8, 4) is 0 Å². The average molecular weight is 286 g/mol. The van der Waals surface area contributed by atoms with Crippen LogP contribution in [0.2, 0.25) is 0 Å². The number of hydrogen-bond acceptors (Lipinski definition) is 2. The van der Waals surface area contributed by atoms with E-state index >= 15 is 0 Å². The summed E-state index contributed by atoms with van der Waals surface area (Å²) in [5.74, 6) is -1.98. The maximum atomic E-state index is 14.2. The molecule has 0 aliphatic carbocycles. The summed E-state index contributed by atoms with van der Waals surface area (Å²) in [7, 11) is 0. The van der Waals surface area contributed by atoms with Crippen LogP contribution in [0.5, 0.6) is 0 Å². The third kappa shape index (κ3) is 1.73. The van der Waals surface area contributed by atoms with Gasteiger partial charge in [-0.2, -0.15) is 0 Å². The molecule has 1 unspecified atom stereocenters. The number of carbonyl (C=O) groups is 1. The SMILES string of the molecule is O=C1Nc2ccc(F)c(F)c2N2Cc3ccccc3CC12. The molecule has 0 saturated heterocycles. The normalized spacial score (nSPS) is 19.4. The van der Waals surface area contributed by atoms with Crippen molar-refractivity contribution in [2.75, 3.05) is 10.2 Å². The first-order valence-corrected chi connectivity index (χ1v) is 6.77. The molecule has 0 spiro atoms. The van der Waals surface area contributed by atoms with E-state index in [2.05, 4.69) is 5.32 Å². The Kier molecular flexibility index (Phi) is 2.51. The Labute approximate surface area is 120 Å². The maximum absolute atomic E-state index is 14.2. The van der Waals surface area contributed by atoms with Gasteiger partial charge in [0.25, 0.3) is 0 Å². The molecule has 106 valence electrons. The number of carbonyl (C=O) groups excluding carboxylic acids is 1. The fourth-order valence-corrected chi connectivity index (χ4v) is 3.13. The molecule has 1 N–H and O–H groups in total. The van der Waals surface area contributed by atoms with E-state index in [0.29, 0.717) is 18.7 Å². The topological polar surface area (TPSA) is 32.3 Å². The van der Waals surface area contributed by atoms with Crippen molar-refractivity contribution in [1.82, 2.24) is 0 Å². The van der Waals surface area contributed by atoms with Gasteiger partial charge in [-0.3, -0.25) is 4.79 Å². The third-order valence-electron chi connectivity index (χ3n) is 4.17. The van der Waals surface area contributed by atoms with Crippen molar-refractivity contribution in [2.24, 2.45) is 0 Å². The van der Waals surface area contributed by atoms with Crippen molar-refractivity contribution in [1.29, 1.82) is 0 Å². The van der Waals surface area contributed by atoms with E-state index < -0.39 is 17.7 Å². The molecule has 2 aromatic rings. The summed E-state index contributed by atoms with van der Waals surface area (Å²) in [5, 5.41) is 2.67. The van der Waals surface area contributed by atoms with Crippen molar-refractivity contribution in [2.45, 2.75) is 19.0 Å². The number of nitrogens with zero attached hydrogens (tertiary/aromatic N) is 1. The molecule has 21 heavy (non-hydrogen) atoms. The van der Waals surface area contributed by atoms with Gasteiger partial charge in [-0.05, 0) is 23.3 Å². The van der Waals surface area contributed by atoms with E-state index in [4.69, 9.17) is 0 Å². The van der Waals surface area contributed by atoms with Crippen molar-refractivity contribution < 1.29 is 13.6 Å². The number of fused-ring (bicyclic) bond motifs is 4. The Morgan fingerprint density at radius 2 is 1.86 bits per heavy atom. The van der Waals surface area contributed by atoms with Crippen LogP contribution in [0.25, 0.3) is 0 Å². The lowest BCUT2D eigenvalue weighted by atomic mass is 9.91. The van der Waals surface area contributed by atoms with E-state index in [-0.39, 0.29) is 11.6 Å². The first kappa shape index (κ1) is 12.3. The minimum absolute atomic E-state index is 0.147. The molecule has 4 rings (SSSR count). The fourth-order valence-electron chi connectivity index (χ4n) is 3.13. The molecule has 3 nitrogen and oxygen atoms in total. The van der Waals surface area contributed by atoms with Crippen molar-refractivity contribution in [3.05, 3.63) is 59.2 Å². The van der Waals surface area contributed by atoms with Gasteiger partial charge in [-0.1, -0.05) is 24.3 Å². The number of benzene rings is 2. The third-order valence-corrected chi connectivity index (χ3v) is 4.17. The molecule has 2 aliphatic heterocycles. The average Bonchev–Trinajstić information content (AvgIpc) is 2.49. The summed E-state index contributed by atoms with van der Waals surface area (Å²) < 4.78 is 27.7. The standard InChI is InChI=1S/C16H12F2N2O/c17-11-5-6-12-15(14(11)18)20-8-10-4-2-1-3-9(10)7-13(20)16(21)19-12/h1-6,13H,7-8H2,(H,19,21). The number of anilines is 2. The molecule has 0 saturated carbocycles. The van der Waals surface area contributed by atoms with Gasteiger partial charge in [0.1, 0.15) is 11.7 Å². The van der Waals surface area contributed by atoms with Crippen LogP contribution in [-0.2, 0) is 17.8 Å². The van der Waals surface area contributed by atoms with Gasteiger partial charge < -0.3 is 10.2 Å². The molecule has 0 bridgehead atoms. The second kappa shape index (κ2) is 4.28. The first-order chi connectivity index (χ1) is 10.1. The summed E-state index contributed by atoms with van der Waals surface area (Å²) in [6.45, 7) is 0.404. The maximum Gasteiger partial charge on any atom is 0.247 e. The lowest BCUT2D eigenvalue weighted by Crippen LogP contribution is -2.51. The van der Waals surface area contributed by atoms with Crippen LogP contribution in [0.15, 0.2) is 36.4 Å². The molecule has 0 fully saturated rings. The second-order valence-corrected chi connectivity index (χ2v) is 5.36. The monoisotopic (exact) mass is 286 g/mol. The van der Waals surface area contributed by atoms with E-state index in [1.54, 1.807) is 4.90 Å². The van der Waals surface area contributed by atoms with Crippen LogP contribution in [0.3, 0.4) is 0 Å². The molecule has 2 aliphatic rings. The number of halogens is 2. The van der Waals surface area contributed by atoms with Gasteiger partial charge in [0.05, 0.1) is 5.69 Å². The minimum atomic E-state index is -0.906. The van der Waals surface area contributed by atoms with Crippen LogP contribution in [0, 0.1) is 11.6 Å². The summed E-state index contributed by atoms with van der Waals surface area (Å²) >= 11 is 0. The summed E-state index contributed by atoms with van der Waals surface area (Å²) in [6, 6.07) is 9.69. The lowest BCUT2D eigenvalue weighted by molar-refractivity contribution is -0.117. The first-order valence-electron chi connectivity index (χ1n) is 6.77. The highest BCUT2D eigenvalue weighted by molar-refractivity contribution is 6.04. The summed E-state index contributed by atoms with van der Waals surface area (Å²) in [4.78, 5) is 13.9. The van der Waals surface area contributed by atoms with Crippen LogP contribution in [-0.4, -0.2) is 11.9 Å². The zero-order valence-electron chi connectivity index (χ0n) is 11.1. The summed E-state index contributed by atoms with van der Waals surface area (Å²) in [6.07, 6.45) is 0.497. The van der Waals surface area contributed by atoms with Crippen molar-refractivity contribution >= 4 is 17.3 Å². The molecule has 0 radical (unpaired) electrons. The number of amides is 1.